The van der Waals surface area contributed by atoms with Gasteiger partial charge in [-0.05, 0) is 5.92 Å². The van der Waals surface area contributed by atoms with Crippen LogP contribution in [0.3, 0.4) is 0 Å². The number of rotatable bonds is 6. The van der Waals surface area contributed by atoms with Crippen LogP contribution in [0.25, 0.3) is 0 Å². The fraction of sp³-hybridized carbons (Fsp3) is 0.636. The number of nitrogens with zero attached hydrogens (tertiary/aromatic N) is 2. The summed E-state index contributed by atoms with van der Waals surface area (Å²) in [6.45, 7) is 3.16. The van der Waals surface area contributed by atoms with Crippen LogP contribution in [0.2, 0.25) is 0 Å². The van der Waals surface area contributed by atoms with E-state index < -0.39 is 30.5 Å². The summed E-state index contributed by atoms with van der Waals surface area (Å²) in [4.78, 5) is 23.1. The van der Waals surface area contributed by atoms with Gasteiger partial charge in [-0.15, -0.1) is 22.6 Å². The zero-order valence-corrected chi connectivity index (χ0v) is 13.9. The van der Waals surface area contributed by atoms with Crippen LogP contribution >= 0.6 is 23.7 Å². The maximum atomic E-state index is 12.2. The summed E-state index contributed by atoms with van der Waals surface area (Å²) in [6.07, 6.45) is -5.59. The fourth-order valence-corrected chi connectivity index (χ4v) is 2.09. The molecule has 132 valence electrons. The second-order valence-corrected chi connectivity index (χ2v) is 5.89. The van der Waals surface area contributed by atoms with E-state index >= 15 is 0 Å². The minimum absolute atomic E-state index is 0. The van der Waals surface area contributed by atoms with E-state index in [9.17, 15) is 22.8 Å². The van der Waals surface area contributed by atoms with Crippen LogP contribution in [0, 0.1) is 5.92 Å². The second-order valence-electron chi connectivity index (χ2n) is 4.83. The van der Waals surface area contributed by atoms with Crippen molar-refractivity contribution in [2.24, 2.45) is 11.7 Å². The lowest BCUT2D eigenvalue weighted by Gasteiger charge is -2.14. The van der Waals surface area contributed by atoms with E-state index in [0.29, 0.717) is 11.3 Å². The molecule has 0 spiro atoms. The Morgan fingerprint density at radius 1 is 1.30 bits per heavy atom. The highest BCUT2D eigenvalue weighted by molar-refractivity contribution is 7.15. The minimum Gasteiger partial charge on any atom is -0.346 e. The molecule has 0 bridgehead atoms. The quantitative estimate of drug-likeness (QED) is 0.689. The van der Waals surface area contributed by atoms with Crippen molar-refractivity contribution in [3.8, 4) is 0 Å². The maximum Gasteiger partial charge on any atom is 0.395 e. The molecule has 12 heteroatoms. The molecule has 1 aromatic heterocycles. The highest BCUT2D eigenvalue weighted by Crippen LogP contribution is 2.24. The second kappa shape index (κ2) is 8.99. The number of nitrogens with two attached hydrogens (primary N) is 1. The number of anilines is 1. The summed E-state index contributed by atoms with van der Waals surface area (Å²) in [5.41, 5.74) is 5.59. The Hall–Kier alpha value is -1.46. The van der Waals surface area contributed by atoms with Gasteiger partial charge >= 0.3 is 6.18 Å². The standard InChI is InChI=1S/C11H16F3N5O2S.ClH/c1-5(2)8(15)9(21)16-4-6(20)17-10-19-18-7(22-10)3-11(12,13)14;/h5,8H,3-4,15H2,1-2H3,(H,16,21)(H,17,19,20);1H/t8-;/m0./s1. The first-order valence-corrected chi connectivity index (χ1v) is 7.12. The number of carbonyl (C=O) groups excluding carboxylic acids is 2. The van der Waals surface area contributed by atoms with Gasteiger partial charge in [0.25, 0.3) is 0 Å². The van der Waals surface area contributed by atoms with Crippen molar-refractivity contribution < 1.29 is 22.8 Å². The average molecular weight is 376 g/mol. The molecule has 23 heavy (non-hydrogen) atoms. The molecule has 2 amide bonds. The molecule has 1 heterocycles. The van der Waals surface area contributed by atoms with Crippen LogP contribution in [0.15, 0.2) is 0 Å². The maximum absolute atomic E-state index is 12.2. The number of halogens is 4. The normalized spacial score (nSPS) is 12.5. The van der Waals surface area contributed by atoms with Gasteiger partial charge < -0.3 is 11.1 Å². The summed E-state index contributed by atoms with van der Waals surface area (Å²) in [6, 6.07) is -0.743. The number of alkyl halides is 3. The van der Waals surface area contributed by atoms with Crippen LogP contribution in [-0.2, 0) is 16.0 Å². The lowest BCUT2D eigenvalue weighted by Crippen LogP contribution is -2.46. The molecular weight excluding hydrogens is 359 g/mol. The molecule has 0 aromatic carbocycles. The van der Waals surface area contributed by atoms with Crippen molar-refractivity contribution in [1.82, 2.24) is 15.5 Å². The van der Waals surface area contributed by atoms with Crippen molar-refractivity contribution >= 4 is 40.7 Å². The Labute approximate surface area is 140 Å². The van der Waals surface area contributed by atoms with Crippen LogP contribution in [-0.4, -0.2) is 40.8 Å². The summed E-state index contributed by atoms with van der Waals surface area (Å²) in [5, 5.41) is 11.0. The molecule has 7 nitrogen and oxygen atoms in total. The van der Waals surface area contributed by atoms with Gasteiger partial charge in [0.2, 0.25) is 16.9 Å². The number of aromatic nitrogens is 2. The third kappa shape index (κ3) is 8.09. The molecule has 0 aliphatic carbocycles. The average Bonchev–Trinajstić information content (AvgIpc) is 2.79. The molecule has 1 atom stereocenters. The van der Waals surface area contributed by atoms with Gasteiger partial charge in [-0.1, -0.05) is 25.2 Å². The van der Waals surface area contributed by atoms with Crippen molar-refractivity contribution in [1.29, 1.82) is 0 Å². The highest BCUT2D eigenvalue weighted by Gasteiger charge is 2.30. The fourth-order valence-electron chi connectivity index (χ4n) is 1.30. The van der Waals surface area contributed by atoms with E-state index in [2.05, 4.69) is 20.8 Å². The van der Waals surface area contributed by atoms with Gasteiger partial charge in [0, 0.05) is 0 Å². The number of nitrogens with one attached hydrogen (secondary N) is 2. The largest absolute Gasteiger partial charge is 0.395 e. The van der Waals surface area contributed by atoms with E-state index in [1.807, 2.05) is 0 Å². The van der Waals surface area contributed by atoms with Gasteiger partial charge in [-0.25, -0.2) is 0 Å². The van der Waals surface area contributed by atoms with Gasteiger partial charge in [0.15, 0.2) is 0 Å². The summed E-state index contributed by atoms with van der Waals surface area (Å²) < 4.78 is 36.5. The molecule has 0 unspecified atom stereocenters. The molecule has 0 saturated heterocycles. The van der Waals surface area contributed by atoms with Crippen LogP contribution in [0.5, 0.6) is 0 Å². The van der Waals surface area contributed by atoms with E-state index in [1.165, 1.54) is 0 Å². The van der Waals surface area contributed by atoms with Crippen LogP contribution in [0.1, 0.15) is 18.9 Å². The van der Waals surface area contributed by atoms with Crippen LogP contribution in [0.4, 0.5) is 18.3 Å². The van der Waals surface area contributed by atoms with Crippen molar-refractivity contribution in [2.75, 3.05) is 11.9 Å². The highest BCUT2D eigenvalue weighted by atomic mass is 35.5. The third-order valence-corrected chi connectivity index (χ3v) is 3.35. The molecule has 0 aliphatic heterocycles. The molecular formula is C11H17ClF3N5O2S. The predicted octanol–water partition coefficient (Wildman–Crippen LogP) is 1.10. The first kappa shape index (κ1) is 21.5. The smallest absolute Gasteiger partial charge is 0.346 e. The minimum atomic E-state index is -4.39. The van der Waals surface area contributed by atoms with E-state index in [-0.39, 0.29) is 35.0 Å². The van der Waals surface area contributed by atoms with Crippen molar-refractivity contribution in [2.45, 2.75) is 32.5 Å². The molecule has 4 N–H and O–H groups in total. The molecule has 1 rings (SSSR count). The van der Waals surface area contributed by atoms with Gasteiger partial charge in [0.1, 0.15) is 5.01 Å². The Kier molecular flexibility index (Phi) is 8.42. The number of hydrogen-bond acceptors (Lipinski definition) is 6. The summed E-state index contributed by atoms with van der Waals surface area (Å²) in [7, 11) is 0. The van der Waals surface area contributed by atoms with E-state index in [0.717, 1.165) is 0 Å². The van der Waals surface area contributed by atoms with Crippen molar-refractivity contribution in [3.05, 3.63) is 5.01 Å². The Morgan fingerprint density at radius 2 is 1.91 bits per heavy atom. The number of carbonyl (C=O) groups is 2. The molecule has 0 radical (unpaired) electrons. The van der Waals surface area contributed by atoms with Gasteiger partial charge in [0.05, 0.1) is 19.0 Å². The molecule has 0 fully saturated rings. The topological polar surface area (TPSA) is 110 Å². The molecule has 1 aromatic rings. The van der Waals surface area contributed by atoms with Gasteiger partial charge in [-0.3, -0.25) is 14.9 Å². The zero-order valence-electron chi connectivity index (χ0n) is 12.3. The first-order valence-electron chi connectivity index (χ1n) is 6.30. The van der Waals surface area contributed by atoms with Crippen LogP contribution < -0.4 is 16.4 Å². The summed E-state index contributed by atoms with van der Waals surface area (Å²) in [5.74, 6) is -1.20. The van der Waals surface area contributed by atoms with Crippen molar-refractivity contribution in [3.63, 3.8) is 0 Å². The Morgan fingerprint density at radius 3 is 2.43 bits per heavy atom. The van der Waals surface area contributed by atoms with E-state index in [1.54, 1.807) is 13.8 Å². The Bertz CT molecular complexity index is 538. The summed E-state index contributed by atoms with van der Waals surface area (Å²) >= 11 is 0.622. The SMILES string of the molecule is CC(C)[C@H](N)C(=O)NCC(=O)Nc1nnc(CC(F)(F)F)s1.Cl. The molecule has 0 saturated carbocycles. The first-order chi connectivity index (χ1) is 10.1. The third-order valence-electron chi connectivity index (χ3n) is 2.51. The lowest BCUT2D eigenvalue weighted by molar-refractivity contribution is -0.127. The Balaban J connectivity index is 0.00000484. The zero-order chi connectivity index (χ0) is 16.9. The number of hydrogen-bond donors (Lipinski definition) is 3. The monoisotopic (exact) mass is 375 g/mol. The van der Waals surface area contributed by atoms with E-state index in [4.69, 9.17) is 5.73 Å². The van der Waals surface area contributed by atoms with Gasteiger partial charge in [-0.2, -0.15) is 13.2 Å². The molecule has 0 aliphatic rings. The number of amides is 2. The predicted molar refractivity (Wildman–Crippen MR) is 81.4 cm³/mol. The lowest BCUT2D eigenvalue weighted by atomic mass is 10.1.